The Morgan fingerprint density at radius 2 is 1.86 bits per heavy atom. The molecule has 0 atom stereocenters. The lowest BCUT2D eigenvalue weighted by Gasteiger charge is -2.10. The van der Waals surface area contributed by atoms with E-state index < -0.39 is 0 Å². The molecule has 0 aliphatic carbocycles. The molecule has 0 saturated carbocycles. The Labute approximate surface area is 126 Å². The molecule has 3 aromatic rings. The van der Waals surface area contributed by atoms with Gasteiger partial charge in [-0.15, -0.1) is 0 Å². The number of nitrogens with one attached hydrogen (secondary N) is 1. The van der Waals surface area contributed by atoms with Gasteiger partial charge in [-0.1, -0.05) is 12.1 Å². The van der Waals surface area contributed by atoms with E-state index in [1.54, 1.807) is 56.7 Å². The number of H-pyrrole nitrogens is 1. The molecule has 0 bridgehead atoms. The first kappa shape index (κ1) is 13.9. The van der Waals surface area contributed by atoms with Crippen molar-refractivity contribution < 1.29 is 4.79 Å². The fourth-order valence-corrected chi connectivity index (χ4v) is 2.23. The van der Waals surface area contributed by atoms with E-state index in [1.165, 1.54) is 4.90 Å². The molecule has 0 unspecified atom stereocenters. The summed E-state index contributed by atoms with van der Waals surface area (Å²) in [6.45, 7) is 0. The van der Waals surface area contributed by atoms with Gasteiger partial charge < -0.3 is 4.90 Å². The summed E-state index contributed by atoms with van der Waals surface area (Å²) in [5, 5.41) is 7.05. The van der Waals surface area contributed by atoms with Crippen molar-refractivity contribution in [2.45, 2.75) is 0 Å². The van der Waals surface area contributed by atoms with Crippen molar-refractivity contribution in [3.05, 3.63) is 58.5 Å². The summed E-state index contributed by atoms with van der Waals surface area (Å²) in [4.78, 5) is 29.4. The molecular formula is C16H14N4O2. The third-order valence-electron chi connectivity index (χ3n) is 3.36. The lowest BCUT2D eigenvalue weighted by molar-refractivity contribution is 0.0827. The van der Waals surface area contributed by atoms with E-state index in [2.05, 4.69) is 15.2 Å². The first-order valence-corrected chi connectivity index (χ1v) is 6.73. The lowest BCUT2D eigenvalue weighted by Crippen LogP contribution is -2.21. The van der Waals surface area contributed by atoms with Crippen LogP contribution in [-0.4, -0.2) is 40.1 Å². The number of benzene rings is 1. The van der Waals surface area contributed by atoms with Gasteiger partial charge in [0.15, 0.2) is 0 Å². The highest BCUT2D eigenvalue weighted by molar-refractivity contribution is 5.95. The van der Waals surface area contributed by atoms with Gasteiger partial charge in [0.2, 0.25) is 0 Å². The lowest BCUT2D eigenvalue weighted by atomic mass is 10.1. The monoisotopic (exact) mass is 294 g/mol. The number of aromatic amines is 1. The summed E-state index contributed by atoms with van der Waals surface area (Å²) < 4.78 is 0. The van der Waals surface area contributed by atoms with Crippen LogP contribution in [-0.2, 0) is 0 Å². The topological polar surface area (TPSA) is 79.0 Å². The van der Waals surface area contributed by atoms with Crippen LogP contribution in [0.15, 0.2) is 47.4 Å². The first-order chi connectivity index (χ1) is 10.6. The molecule has 6 nitrogen and oxygen atoms in total. The van der Waals surface area contributed by atoms with Crippen LogP contribution in [0, 0.1) is 0 Å². The smallest absolute Gasteiger partial charge is 0.273 e. The van der Waals surface area contributed by atoms with Crippen LogP contribution < -0.4 is 5.56 Å². The summed E-state index contributed by atoms with van der Waals surface area (Å²) in [6, 6.07) is 10.5. The highest BCUT2D eigenvalue weighted by Crippen LogP contribution is 2.22. The van der Waals surface area contributed by atoms with Crippen LogP contribution in [0.2, 0.25) is 0 Å². The largest absolute Gasteiger partial charge is 0.345 e. The number of carbonyl (C=O) groups excluding carboxylic acids is 1. The highest BCUT2D eigenvalue weighted by atomic mass is 16.2. The minimum absolute atomic E-state index is 0.0658. The molecule has 110 valence electrons. The van der Waals surface area contributed by atoms with Gasteiger partial charge in [0, 0.05) is 31.4 Å². The molecule has 2 heterocycles. The zero-order chi connectivity index (χ0) is 15.7. The SMILES string of the molecule is CN(C)C(=O)c1ccc(-c2n[nH]c(=O)c3cccnc23)cc1. The molecule has 6 heteroatoms. The quantitative estimate of drug-likeness (QED) is 0.780. The fourth-order valence-electron chi connectivity index (χ4n) is 2.23. The Kier molecular flexibility index (Phi) is 3.42. The molecule has 2 aromatic heterocycles. The molecule has 0 saturated heterocycles. The summed E-state index contributed by atoms with van der Waals surface area (Å²) in [6.07, 6.45) is 1.62. The predicted molar refractivity (Wildman–Crippen MR) is 83.6 cm³/mol. The van der Waals surface area contributed by atoms with E-state index >= 15 is 0 Å². The van der Waals surface area contributed by atoms with Gasteiger partial charge in [-0.05, 0) is 24.3 Å². The van der Waals surface area contributed by atoms with E-state index in [0.717, 1.165) is 5.56 Å². The maximum atomic E-state index is 11.9. The van der Waals surface area contributed by atoms with Crippen molar-refractivity contribution >= 4 is 16.8 Å². The summed E-state index contributed by atoms with van der Waals surface area (Å²) in [5.74, 6) is -0.0658. The van der Waals surface area contributed by atoms with Gasteiger partial charge in [0.25, 0.3) is 11.5 Å². The Morgan fingerprint density at radius 3 is 2.55 bits per heavy atom. The van der Waals surface area contributed by atoms with Crippen molar-refractivity contribution in [1.82, 2.24) is 20.1 Å². The number of aromatic nitrogens is 3. The number of nitrogens with zero attached hydrogens (tertiary/aromatic N) is 3. The fraction of sp³-hybridized carbons (Fsp3) is 0.125. The van der Waals surface area contributed by atoms with E-state index in [1.807, 2.05) is 0 Å². The second-order valence-corrected chi connectivity index (χ2v) is 5.08. The van der Waals surface area contributed by atoms with Gasteiger partial charge in [0.05, 0.1) is 5.39 Å². The second kappa shape index (κ2) is 5.40. The average Bonchev–Trinajstić information content (AvgIpc) is 2.55. The molecule has 0 fully saturated rings. The summed E-state index contributed by atoms with van der Waals surface area (Å²) >= 11 is 0. The van der Waals surface area contributed by atoms with E-state index in [0.29, 0.717) is 22.2 Å². The minimum Gasteiger partial charge on any atom is -0.345 e. The number of rotatable bonds is 2. The number of carbonyl (C=O) groups is 1. The molecule has 0 spiro atoms. The minimum atomic E-state index is -0.272. The number of amides is 1. The third kappa shape index (κ3) is 2.35. The summed E-state index contributed by atoms with van der Waals surface area (Å²) in [7, 11) is 3.41. The Bertz CT molecular complexity index is 898. The number of fused-ring (bicyclic) bond motifs is 1. The van der Waals surface area contributed by atoms with Crippen molar-refractivity contribution in [3.63, 3.8) is 0 Å². The van der Waals surface area contributed by atoms with Crippen molar-refractivity contribution in [2.75, 3.05) is 14.1 Å². The molecule has 0 radical (unpaired) electrons. The zero-order valence-electron chi connectivity index (χ0n) is 12.2. The van der Waals surface area contributed by atoms with Crippen molar-refractivity contribution in [2.24, 2.45) is 0 Å². The number of pyridine rings is 1. The van der Waals surface area contributed by atoms with Crippen LogP contribution in [0.25, 0.3) is 22.2 Å². The highest BCUT2D eigenvalue weighted by Gasteiger charge is 2.11. The van der Waals surface area contributed by atoms with Crippen LogP contribution in [0.5, 0.6) is 0 Å². The van der Waals surface area contributed by atoms with Crippen molar-refractivity contribution in [3.8, 4) is 11.3 Å². The van der Waals surface area contributed by atoms with Gasteiger partial charge in [-0.3, -0.25) is 14.6 Å². The van der Waals surface area contributed by atoms with E-state index in [-0.39, 0.29) is 11.5 Å². The van der Waals surface area contributed by atoms with Gasteiger partial charge >= 0.3 is 0 Å². The van der Waals surface area contributed by atoms with Crippen LogP contribution in [0.4, 0.5) is 0 Å². The number of hydrogen-bond acceptors (Lipinski definition) is 4. The Balaban J connectivity index is 2.11. The van der Waals surface area contributed by atoms with Crippen LogP contribution >= 0.6 is 0 Å². The predicted octanol–water partition coefficient (Wildman–Crippen LogP) is 1.69. The second-order valence-electron chi connectivity index (χ2n) is 5.08. The Hall–Kier alpha value is -3.02. The van der Waals surface area contributed by atoms with Crippen LogP contribution in [0.3, 0.4) is 0 Å². The molecule has 1 aromatic carbocycles. The molecule has 1 N–H and O–H groups in total. The molecule has 22 heavy (non-hydrogen) atoms. The number of hydrogen-bond donors (Lipinski definition) is 1. The molecule has 1 amide bonds. The van der Waals surface area contributed by atoms with E-state index in [9.17, 15) is 9.59 Å². The van der Waals surface area contributed by atoms with Gasteiger partial charge in [-0.25, -0.2) is 5.10 Å². The van der Waals surface area contributed by atoms with Gasteiger partial charge in [-0.2, -0.15) is 5.10 Å². The zero-order valence-corrected chi connectivity index (χ0v) is 12.2. The summed E-state index contributed by atoms with van der Waals surface area (Å²) in [5.41, 5.74) is 2.23. The molecule has 0 aliphatic rings. The van der Waals surface area contributed by atoms with Crippen molar-refractivity contribution in [1.29, 1.82) is 0 Å². The first-order valence-electron chi connectivity index (χ1n) is 6.73. The average molecular weight is 294 g/mol. The van der Waals surface area contributed by atoms with Crippen LogP contribution in [0.1, 0.15) is 10.4 Å². The van der Waals surface area contributed by atoms with Gasteiger partial charge in [0.1, 0.15) is 11.2 Å². The normalized spacial score (nSPS) is 10.6. The maximum Gasteiger partial charge on any atom is 0.273 e. The molecule has 0 aliphatic heterocycles. The van der Waals surface area contributed by atoms with E-state index in [4.69, 9.17) is 0 Å². The standard InChI is InChI=1S/C16H14N4O2/c1-20(2)16(22)11-7-5-10(6-8-11)13-14-12(4-3-9-17-14)15(21)19-18-13/h3-9H,1-2H3,(H,19,21). The maximum absolute atomic E-state index is 11.9. The molecule has 3 rings (SSSR count). The third-order valence-corrected chi connectivity index (χ3v) is 3.36. The molecular weight excluding hydrogens is 280 g/mol. The Morgan fingerprint density at radius 1 is 1.14 bits per heavy atom.